The van der Waals surface area contributed by atoms with Gasteiger partial charge in [-0.3, -0.25) is 4.79 Å². The van der Waals surface area contributed by atoms with Gasteiger partial charge in [0.05, 0.1) is 6.61 Å². The second-order valence-corrected chi connectivity index (χ2v) is 4.94. The third-order valence-corrected chi connectivity index (χ3v) is 3.04. The van der Waals surface area contributed by atoms with Crippen LogP contribution in [0.25, 0.3) is 0 Å². The molecule has 1 amide bonds. The number of likely N-dealkylation sites (N-methyl/N-ethyl adjacent to an activating group) is 1. The first-order valence-electron chi connectivity index (χ1n) is 7.32. The van der Waals surface area contributed by atoms with E-state index in [0.717, 1.165) is 23.4 Å². The quantitative estimate of drug-likeness (QED) is 0.680. The van der Waals surface area contributed by atoms with Gasteiger partial charge in [0.15, 0.2) is 6.10 Å². The third kappa shape index (κ3) is 6.14. The van der Waals surface area contributed by atoms with E-state index in [1.807, 2.05) is 26.0 Å². The number of methoxy groups -OCH3 is 1. The van der Waals surface area contributed by atoms with E-state index in [4.69, 9.17) is 9.47 Å². The summed E-state index contributed by atoms with van der Waals surface area (Å²) in [4.78, 5) is 11.8. The Hall–Kier alpha value is -1.59. The van der Waals surface area contributed by atoms with Gasteiger partial charge in [0.2, 0.25) is 0 Å². The topological polar surface area (TPSA) is 59.6 Å². The van der Waals surface area contributed by atoms with Gasteiger partial charge in [-0.05, 0) is 26.8 Å². The van der Waals surface area contributed by atoms with Gasteiger partial charge in [0.1, 0.15) is 5.75 Å². The van der Waals surface area contributed by atoms with Crippen LogP contribution in [0.15, 0.2) is 18.2 Å². The van der Waals surface area contributed by atoms with Crippen molar-refractivity contribution in [1.29, 1.82) is 0 Å². The number of hydrogen-bond donors (Lipinski definition) is 2. The SMILES string of the molecule is CCNC(=O)C(C)Oc1ccc(C)cc1CNCCOC. The lowest BCUT2D eigenvalue weighted by molar-refractivity contribution is -0.127. The Bertz CT molecular complexity index is 449. The van der Waals surface area contributed by atoms with Gasteiger partial charge in [-0.15, -0.1) is 0 Å². The molecule has 1 rings (SSSR count). The lowest BCUT2D eigenvalue weighted by Crippen LogP contribution is -2.36. The van der Waals surface area contributed by atoms with E-state index in [1.54, 1.807) is 14.0 Å². The molecule has 0 aliphatic carbocycles. The van der Waals surface area contributed by atoms with Crippen molar-refractivity contribution in [1.82, 2.24) is 10.6 Å². The Balaban J connectivity index is 2.69. The minimum absolute atomic E-state index is 0.101. The lowest BCUT2D eigenvalue weighted by Gasteiger charge is -2.17. The molecule has 2 N–H and O–H groups in total. The molecule has 0 saturated carbocycles. The van der Waals surface area contributed by atoms with Crippen LogP contribution in [0.4, 0.5) is 0 Å². The molecule has 1 aromatic carbocycles. The zero-order chi connectivity index (χ0) is 15.7. The molecule has 5 heteroatoms. The molecule has 0 bridgehead atoms. The second-order valence-electron chi connectivity index (χ2n) is 4.94. The number of benzene rings is 1. The van der Waals surface area contributed by atoms with Crippen molar-refractivity contribution in [2.24, 2.45) is 0 Å². The predicted octanol–water partition coefficient (Wildman–Crippen LogP) is 1.63. The number of aryl methyl sites for hydroxylation is 1. The first-order valence-corrected chi connectivity index (χ1v) is 7.32. The Morgan fingerprint density at radius 3 is 2.81 bits per heavy atom. The van der Waals surface area contributed by atoms with Crippen LogP contribution in [0, 0.1) is 6.92 Å². The number of rotatable bonds is 9. The summed E-state index contributed by atoms with van der Waals surface area (Å²) in [7, 11) is 1.68. The van der Waals surface area contributed by atoms with Crippen molar-refractivity contribution < 1.29 is 14.3 Å². The summed E-state index contributed by atoms with van der Waals surface area (Å²) >= 11 is 0. The molecule has 1 atom stereocenters. The summed E-state index contributed by atoms with van der Waals surface area (Å²) < 4.78 is 10.8. The van der Waals surface area contributed by atoms with E-state index in [0.29, 0.717) is 19.7 Å². The van der Waals surface area contributed by atoms with Gasteiger partial charge in [-0.1, -0.05) is 17.7 Å². The fourth-order valence-corrected chi connectivity index (χ4v) is 1.92. The molecule has 0 aliphatic heterocycles. The molecule has 21 heavy (non-hydrogen) atoms. The van der Waals surface area contributed by atoms with E-state index in [2.05, 4.69) is 16.7 Å². The first-order chi connectivity index (χ1) is 10.1. The Kier molecular flexibility index (Phi) is 7.79. The van der Waals surface area contributed by atoms with Crippen LogP contribution in [0.5, 0.6) is 5.75 Å². The molecule has 0 saturated heterocycles. The monoisotopic (exact) mass is 294 g/mol. The molecule has 118 valence electrons. The fraction of sp³-hybridized carbons (Fsp3) is 0.562. The Morgan fingerprint density at radius 2 is 2.14 bits per heavy atom. The van der Waals surface area contributed by atoms with Crippen molar-refractivity contribution in [3.8, 4) is 5.75 Å². The van der Waals surface area contributed by atoms with Crippen molar-refractivity contribution in [3.05, 3.63) is 29.3 Å². The molecular weight excluding hydrogens is 268 g/mol. The molecule has 0 aliphatic rings. The van der Waals surface area contributed by atoms with E-state index in [9.17, 15) is 4.79 Å². The van der Waals surface area contributed by atoms with E-state index in [1.165, 1.54) is 0 Å². The molecule has 0 radical (unpaired) electrons. The van der Waals surface area contributed by atoms with Crippen LogP contribution in [-0.4, -0.2) is 38.8 Å². The number of amides is 1. The minimum atomic E-state index is -0.509. The van der Waals surface area contributed by atoms with E-state index in [-0.39, 0.29) is 5.91 Å². The van der Waals surface area contributed by atoms with Gasteiger partial charge in [0, 0.05) is 32.3 Å². The van der Waals surface area contributed by atoms with Crippen LogP contribution in [0.3, 0.4) is 0 Å². The predicted molar refractivity (Wildman–Crippen MR) is 83.5 cm³/mol. The largest absolute Gasteiger partial charge is 0.481 e. The van der Waals surface area contributed by atoms with Crippen LogP contribution in [0.1, 0.15) is 25.0 Å². The highest BCUT2D eigenvalue weighted by molar-refractivity contribution is 5.80. The number of ether oxygens (including phenoxy) is 2. The third-order valence-electron chi connectivity index (χ3n) is 3.04. The number of carbonyl (C=O) groups excluding carboxylic acids is 1. The van der Waals surface area contributed by atoms with Crippen molar-refractivity contribution in [2.45, 2.75) is 33.4 Å². The van der Waals surface area contributed by atoms with Crippen LogP contribution in [-0.2, 0) is 16.1 Å². The highest BCUT2D eigenvalue weighted by atomic mass is 16.5. The number of carbonyl (C=O) groups is 1. The van der Waals surface area contributed by atoms with Gasteiger partial charge >= 0.3 is 0 Å². The average molecular weight is 294 g/mol. The van der Waals surface area contributed by atoms with Gasteiger partial charge in [-0.25, -0.2) is 0 Å². The van der Waals surface area contributed by atoms with Crippen LogP contribution < -0.4 is 15.4 Å². The molecule has 0 fully saturated rings. The van der Waals surface area contributed by atoms with Gasteiger partial charge in [-0.2, -0.15) is 0 Å². The highest BCUT2D eigenvalue weighted by Gasteiger charge is 2.15. The molecular formula is C16H26N2O3. The normalized spacial score (nSPS) is 12.0. The Labute approximate surface area is 127 Å². The molecule has 5 nitrogen and oxygen atoms in total. The summed E-state index contributed by atoms with van der Waals surface area (Å²) in [6, 6.07) is 5.97. The summed E-state index contributed by atoms with van der Waals surface area (Å²) in [5.41, 5.74) is 2.21. The van der Waals surface area contributed by atoms with Gasteiger partial charge < -0.3 is 20.1 Å². The van der Waals surface area contributed by atoms with Crippen LogP contribution in [0.2, 0.25) is 0 Å². The maximum atomic E-state index is 11.8. The van der Waals surface area contributed by atoms with Gasteiger partial charge in [0.25, 0.3) is 5.91 Å². The van der Waals surface area contributed by atoms with Crippen LogP contribution >= 0.6 is 0 Å². The number of hydrogen-bond acceptors (Lipinski definition) is 4. The summed E-state index contributed by atoms with van der Waals surface area (Å²) in [6.45, 7) is 8.41. The summed E-state index contributed by atoms with van der Waals surface area (Å²) in [6.07, 6.45) is -0.509. The second kappa shape index (κ2) is 9.37. The number of nitrogens with one attached hydrogen (secondary N) is 2. The summed E-state index contributed by atoms with van der Waals surface area (Å²) in [5, 5.41) is 6.05. The van der Waals surface area contributed by atoms with Crippen molar-refractivity contribution in [2.75, 3.05) is 26.8 Å². The Morgan fingerprint density at radius 1 is 1.38 bits per heavy atom. The minimum Gasteiger partial charge on any atom is -0.481 e. The molecule has 1 unspecified atom stereocenters. The summed E-state index contributed by atoms with van der Waals surface area (Å²) in [5.74, 6) is 0.639. The van der Waals surface area contributed by atoms with Crippen molar-refractivity contribution >= 4 is 5.91 Å². The smallest absolute Gasteiger partial charge is 0.260 e. The highest BCUT2D eigenvalue weighted by Crippen LogP contribution is 2.21. The molecule has 0 spiro atoms. The zero-order valence-electron chi connectivity index (χ0n) is 13.4. The van der Waals surface area contributed by atoms with Crippen molar-refractivity contribution in [3.63, 3.8) is 0 Å². The molecule has 0 heterocycles. The lowest BCUT2D eigenvalue weighted by atomic mass is 10.1. The maximum absolute atomic E-state index is 11.8. The standard InChI is InChI=1S/C16H26N2O3/c1-5-18-16(19)13(3)21-15-7-6-12(2)10-14(15)11-17-8-9-20-4/h6-7,10,13,17H,5,8-9,11H2,1-4H3,(H,18,19). The fourth-order valence-electron chi connectivity index (χ4n) is 1.92. The zero-order valence-corrected chi connectivity index (χ0v) is 13.4. The average Bonchev–Trinajstić information content (AvgIpc) is 2.46. The first kappa shape index (κ1) is 17.5. The molecule has 0 aromatic heterocycles. The van der Waals surface area contributed by atoms with E-state index >= 15 is 0 Å². The molecule has 1 aromatic rings. The maximum Gasteiger partial charge on any atom is 0.260 e. The van der Waals surface area contributed by atoms with E-state index < -0.39 is 6.10 Å².